The molecule has 33 heavy (non-hydrogen) atoms. The van der Waals surface area contributed by atoms with Gasteiger partial charge in [0.05, 0.1) is 0 Å². The van der Waals surface area contributed by atoms with Gasteiger partial charge < -0.3 is 14.1 Å². The maximum absolute atomic E-state index is 13.0. The minimum Gasteiger partial charge on any atom is -0.453 e. The molecule has 0 N–H and O–H groups in total. The fourth-order valence-electron chi connectivity index (χ4n) is 3.95. The van der Waals surface area contributed by atoms with Gasteiger partial charge in [0.1, 0.15) is 22.7 Å². The first kappa shape index (κ1) is 20.7. The first-order chi connectivity index (χ1) is 16.2. The molecule has 0 radical (unpaired) electrons. The normalized spacial score (nSPS) is 13.6. The van der Waals surface area contributed by atoms with E-state index in [0.29, 0.717) is 28.3 Å². The average molecular weight is 438 g/mol. The Morgan fingerprint density at radius 2 is 1.76 bits per heavy atom. The number of esters is 1. The van der Waals surface area contributed by atoms with Crippen molar-refractivity contribution >= 4 is 34.6 Å². The minimum absolute atomic E-state index is 0.257. The van der Waals surface area contributed by atoms with Crippen molar-refractivity contribution in [2.45, 2.75) is 12.8 Å². The Bertz CT molecular complexity index is 1320. The molecule has 3 heterocycles. The van der Waals surface area contributed by atoms with Gasteiger partial charge in [-0.1, -0.05) is 36.4 Å². The van der Waals surface area contributed by atoms with Crippen molar-refractivity contribution < 1.29 is 18.7 Å². The molecular weight excluding hydrogens is 416 g/mol. The molecule has 1 saturated heterocycles. The number of furan rings is 1. The minimum atomic E-state index is -0.477. The van der Waals surface area contributed by atoms with Crippen LogP contribution in [0.5, 0.6) is 5.75 Å². The van der Waals surface area contributed by atoms with Crippen molar-refractivity contribution in [2.75, 3.05) is 18.0 Å². The summed E-state index contributed by atoms with van der Waals surface area (Å²) in [5.41, 5.74) is 1.70. The van der Waals surface area contributed by atoms with Crippen LogP contribution in [-0.4, -0.2) is 29.8 Å². The van der Waals surface area contributed by atoms with Crippen LogP contribution in [0.1, 0.15) is 39.3 Å². The number of hydrogen-bond donors (Lipinski definition) is 0. The first-order valence-electron chi connectivity index (χ1n) is 10.9. The second kappa shape index (κ2) is 9.12. The number of nitrogens with zero attached hydrogens (tertiary/aromatic N) is 2. The highest BCUT2D eigenvalue weighted by atomic mass is 16.5. The van der Waals surface area contributed by atoms with E-state index in [1.165, 1.54) is 6.08 Å². The lowest BCUT2D eigenvalue weighted by molar-refractivity contribution is 0.0734. The molecule has 1 fully saturated rings. The molecule has 0 atom stereocenters. The Balaban J connectivity index is 1.36. The number of carbonyl (C=O) groups is 2. The number of aromatic nitrogens is 1. The predicted molar refractivity (Wildman–Crippen MR) is 127 cm³/mol. The number of benzene rings is 2. The van der Waals surface area contributed by atoms with Crippen molar-refractivity contribution in [3.63, 3.8) is 0 Å². The van der Waals surface area contributed by atoms with Gasteiger partial charge in [-0.3, -0.25) is 4.79 Å². The van der Waals surface area contributed by atoms with E-state index in [0.717, 1.165) is 31.3 Å². The lowest BCUT2D eigenvalue weighted by atomic mass is 10.1. The molecule has 6 heteroatoms. The SMILES string of the molecule is O=C(/C=C/c1ccccc1OC(=O)c1cccnc1N1CCCC1)c1cc2ccccc2o1. The number of para-hydroxylation sites is 2. The second-order valence-electron chi connectivity index (χ2n) is 7.84. The summed E-state index contributed by atoms with van der Waals surface area (Å²) >= 11 is 0. The lowest BCUT2D eigenvalue weighted by Gasteiger charge is -2.19. The van der Waals surface area contributed by atoms with E-state index in [1.807, 2.05) is 30.3 Å². The first-order valence-corrected chi connectivity index (χ1v) is 10.9. The fraction of sp³-hybridized carbons (Fsp3) is 0.148. The van der Waals surface area contributed by atoms with Crippen molar-refractivity contribution in [2.24, 2.45) is 0 Å². The fourth-order valence-corrected chi connectivity index (χ4v) is 3.95. The van der Waals surface area contributed by atoms with Crippen molar-refractivity contribution in [1.29, 1.82) is 0 Å². The van der Waals surface area contributed by atoms with Crippen molar-refractivity contribution in [3.05, 3.63) is 95.9 Å². The summed E-state index contributed by atoms with van der Waals surface area (Å²) in [6.45, 7) is 1.75. The molecule has 0 amide bonds. The Hall–Kier alpha value is -4.19. The number of carbonyl (C=O) groups excluding carboxylic acids is 2. The molecule has 0 unspecified atom stereocenters. The van der Waals surface area contributed by atoms with Gasteiger partial charge in [0.25, 0.3) is 0 Å². The Labute approximate surface area is 191 Å². The van der Waals surface area contributed by atoms with Crippen LogP contribution in [0.3, 0.4) is 0 Å². The molecule has 0 bridgehead atoms. The van der Waals surface area contributed by atoms with Crippen LogP contribution < -0.4 is 9.64 Å². The van der Waals surface area contributed by atoms with Crippen LogP contribution in [0.2, 0.25) is 0 Å². The molecule has 5 rings (SSSR count). The zero-order valence-electron chi connectivity index (χ0n) is 17.9. The topological polar surface area (TPSA) is 72.6 Å². The smallest absolute Gasteiger partial charge is 0.347 e. The van der Waals surface area contributed by atoms with Gasteiger partial charge in [0.2, 0.25) is 5.78 Å². The zero-order valence-corrected chi connectivity index (χ0v) is 17.9. The van der Waals surface area contributed by atoms with E-state index in [2.05, 4.69) is 9.88 Å². The van der Waals surface area contributed by atoms with E-state index < -0.39 is 5.97 Å². The summed E-state index contributed by atoms with van der Waals surface area (Å²) in [7, 11) is 0. The average Bonchev–Trinajstić information content (AvgIpc) is 3.53. The van der Waals surface area contributed by atoms with Gasteiger partial charge in [0, 0.05) is 30.2 Å². The quantitative estimate of drug-likeness (QED) is 0.170. The molecule has 1 aliphatic heterocycles. The third kappa shape index (κ3) is 4.41. The number of anilines is 1. The third-order valence-corrected chi connectivity index (χ3v) is 5.62. The summed E-state index contributed by atoms with van der Waals surface area (Å²) in [5.74, 6) is 0.526. The van der Waals surface area contributed by atoms with E-state index in [9.17, 15) is 9.59 Å². The molecule has 0 aliphatic carbocycles. The largest absolute Gasteiger partial charge is 0.453 e. The number of ether oxygens (including phenoxy) is 1. The number of fused-ring (bicyclic) bond motifs is 1. The summed E-state index contributed by atoms with van der Waals surface area (Å²) in [5, 5.41) is 0.869. The number of rotatable bonds is 6. The maximum Gasteiger partial charge on any atom is 0.347 e. The van der Waals surface area contributed by atoms with E-state index in [-0.39, 0.29) is 11.5 Å². The second-order valence-corrected chi connectivity index (χ2v) is 7.84. The van der Waals surface area contributed by atoms with E-state index in [1.54, 1.807) is 48.7 Å². The number of pyridine rings is 1. The lowest BCUT2D eigenvalue weighted by Crippen LogP contribution is -2.23. The van der Waals surface area contributed by atoms with Gasteiger partial charge in [0.15, 0.2) is 5.76 Å². The summed E-state index contributed by atoms with van der Waals surface area (Å²) in [6, 6.07) is 19.7. The van der Waals surface area contributed by atoms with Gasteiger partial charge in [-0.15, -0.1) is 0 Å². The molecule has 2 aromatic heterocycles. The van der Waals surface area contributed by atoms with Crippen LogP contribution in [0, 0.1) is 0 Å². The predicted octanol–water partition coefficient (Wildman–Crippen LogP) is 5.54. The molecular formula is C27H22N2O4. The van der Waals surface area contributed by atoms with Crippen molar-refractivity contribution in [3.8, 4) is 5.75 Å². The van der Waals surface area contributed by atoms with Crippen LogP contribution >= 0.6 is 0 Å². The van der Waals surface area contributed by atoms with Gasteiger partial charge in [-0.2, -0.15) is 0 Å². The van der Waals surface area contributed by atoms with Crippen LogP contribution in [0.25, 0.3) is 17.0 Å². The monoisotopic (exact) mass is 438 g/mol. The van der Waals surface area contributed by atoms with E-state index in [4.69, 9.17) is 9.15 Å². The van der Waals surface area contributed by atoms with Crippen molar-refractivity contribution in [1.82, 2.24) is 4.98 Å². The molecule has 6 nitrogen and oxygen atoms in total. The molecule has 0 saturated carbocycles. The van der Waals surface area contributed by atoms with Gasteiger partial charge in [-0.25, -0.2) is 9.78 Å². The maximum atomic E-state index is 13.0. The molecule has 0 spiro atoms. The van der Waals surface area contributed by atoms with Gasteiger partial charge in [-0.05, 0) is 55.3 Å². The van der Waals surface area contributed by atoms with Crippen LogP contribution in [0.4, 0.5) is 5.82 Å². The summed E-state index contributed by atoms with van der Waals surface area (Å²) < 4.78 is 11.4. The molecule has 164 valence electrons. The highest BCUT2D eigenvalue weighted by molar-refractivity contribution is 6.07. The highest BCUT2D eigenvalue weighted by Gasteiger charge is 2.22. The molecule has 1 aliphatic rings. The zero-order chi connectivity index (χ0) is 22.6. The van der Waals surface area contributed by atoms with Crippen LogP contribution in [0.15, 0.2) is 83.4 Å². The Kier molecular flexibility index (Phi) is 5.72. The molecule has 4 aromatic rings. The number of hydrogen-bond acceptors (Lipinski definition) is 6. The Morgan fingerprint density at radius 1 is 0.970 bits per heavy atom. The Morgan fingerprint density at radius 3 is 2.61 bits per heavy atom. The van der Waals surface area contributed by atoms with Crippen LogP contribution in [-0.2, 0) is 0 Å². The number of ketones is 1. The third-order valence-electron chi connectivity index (χ3n) is 5.62. The van der Waals surface area contributed by atoms with Gasteiger partial charge >= 0.3 is 5.97 Å². The standard InChI is InChI=1S/C27H22N2O4/c30-22(25-18-20-9-2-4-12-24(20)32-25)14-13-19-8-1-3-11-23(19)33-27(31)21-10-7-15-28-26(21)29-16-5-6-17-29/h1-4,7-15,18H,5-6,16-17H2/b14-13+. The number of allylic oxidation sites excluding steroid dienone is 1. The molecule has 2 aromatic carbocycles. The highest BCUT2D eigenvalue weighted by Crippen LogP contribution is 2.26. The summed E-state index contributed by atoms with van der Waals surface area (Å²) in [6.07, 6.45) is 6.90. The van der Waals surface area contributed by atoms with E-state index >= 15 is 0 Å². The summed E-state index contributed by atoms with van der Waals surface area (Å²) in [4.78, 5) is 32.2.